The van der Waals surface area contributed by atoms with Gasteiger partial charge in [0, 0.05) is 17.7 Å². The smallest absolute Gasteiger partial charge is 0.387 e. The number of halogens is 2. The van der Waals surface area contributed by atoms with Crippen LogP contribution in [-0.4, -0.2) is 25.2 Å². The Bertz CT molecular complexity index is 735. The third kappa shape index (κ3) is 5.97. The minimum Gasteiger partial charge on any atom is -0.435 e. The van der Waals surface area contributed by atoms with Crippen LogP contribution in [0.1, 0.15) is 18.1 Å². The van der Waals surface area contributed by atoms with Crippen molar-refractivity contribution in [3.8, 4) is 5.75 Å². The van der Waals surface area contributed by atoms with Gasteiger partial charge >= 0.3 is 6.61 Å². The van der Waals surface area contributed by atoms with Crippen LogP contribution in [-0.2, 0) is 16.0 Å². The summed E-state index contributed by atoms with van der Waals surface area (Å²) in [4.78, 5) is 12.1. The van der Waals surface area contributed by atoms with Gasteiger partial charge in [0.25, 0.3) is 5.91 Å². The minimum atomic E-state index is -2.92. The topological polar surface area (TPSA) is 47.6 Å². The Hall–Kier alpha value is -2.73. The summed E-state index contributed by atoms with van der Waals surface area (Å²) in [6, 6.07) is 14.0. The molecule has 0 bridgehead atoms. The second kappa shape index (κ2) is 9.68. The van der Waals surface area contributed by atoms with Gasteiger partial charge in [-0.25, -0.2) is 0 Å². The first-order valence-corrected chi connectivity index (χ1v) is 8.14. The van der Waals surface area contributed by atoms with Gasteiger partial charge in [0.1, 0.15) is 11.9 Å². The van der Waals surface area contributed by atoms with Crippen molar-refractivity contribution in [3.05, 3.63) is 72.3 Å². The molecule has 0 radical (unpaired) electrons. The van der Waals surface area contributed by atoms with Crippen LogP contribution in [0.4, 0.5) is 14.5 Å². The van der Waals surface area contributed by atoms with Crippen LogP contribution in [0, 0.1) is 0 Å². The molecule has 0 aromatic heterocycles. The molecule has 0 saturated carbocycles. The number of carbonyl (C=O) groups excluding carboxylic acids is 1. The number of amides is 1. The normalized spacial score (nSPS) is 11.8. The van der Waals surface area contributed by atoms with E-state index in [1.807, 2.05) is 30.3 Å². The summed E-state index contributed by atoms with van der Waals surface area (Å²) in [5.74, 6) is -0.252. The average molecular weight is 361 g/mol. The Labute approximate surface area is 151 Å². The largest absolute Gasteiger partial charge is 0.435 e. The fraction of sp³-hybridized carbons (Fsp3) is 0.250. The van der Waals surface area contributed by atoms with E-state index >= 15 is 0 Å². The summed E-state index contributed by atoms with van der Waals surface area (Å²) < 4.78 is 35.2. The lowest BCUT2D eigenvalue weighted by Gasteiger charge is -2.15. The minimum absolute atomic E-state index is 0.0813. The predicted molar refractivity (Wildman–Crippen MR) is 96.6 cm³/mol. The van der Waals surface area contributed by atoms with Crippen molar-refractivity contribution in [1.82, 2.24) is 0 Å². The first-order valence-electron chi connectivity index (χ1n) is 8.14. The molecule has 0 fully saturated rings. The lowest BCUT2D eigenvalue weighted by molar-refractivity contribution is -0.125. The Morgan fingerprint density at radius 2 is 1.96 bits per heavy atom. The molecule has 1 N–H and O–H groups in total. The molecule has 1 atom stereocenters. The van der Waals surface area contributed by atoms with Crippen molar-refractivity contribution in [2.45, 2.75) is 26.1 Å². The maximum atomic E-state index is 12.7. The van der Waals surface area contributed by atoms with Gasteiger partial charge in [-0.2, -0.15) is 8.78 Å². The Kier molecular flexibility index (Phi) is 7.29. The predicted octanol–water partition coefficient (Wildman–Crippen LogP) is 4.41. The number of benzene rings is 2. The third-order valence-electron chi connectivity index (χ3n) is 3.61. The highest BCUT2D eigenvalue weighted by Gasteiger charge is 2.15. The quantitative estimate of drug-likeness (QED) is 0.673. The zero-order chi connectivity index (χ0) is 18.9. The highest BCUT2D eigenvalue weighted by atomic mass is 19.3. The van der Waals surface area contributed by atoms with Crippen LogP contribution in [0.3, 0.4) is 0 Å². The number of anilines is 1. The van der Waals surface area contributed by atoms with E-state index < -0.39 is 12.7 Å². The molecule has 2 aromatic carbocycles. The first kappa shape index (κ1) is 19.6. The van der Waals surface area contributed by atoms with E-state index in [1.54, 1.807) is 19.1 Å². The number of ether oxygens (including phenoxy) is 2. The van der Waals surface area contributed by atoms with Gasteiger partial charge in [-0.1, -0.05) is 36.4 Å². The number of nitrogens with one attached hydrogen (secondary N) is 1. The van der Waals surface area contributed by atoms with Crippen molar-refractivity contribution in [1.29, 1.82) is 0 Å². The van der Waals surface area contributed by atoms with Crippen molar-refractivity contribution in [2.75, 3.05) is 11.9 Å². The van der Waals surface area contributed by atoms with Gasteiger partial charge in [0.05, 0.1) is 6.61 Å². The fourth-order valence-corrected chi connectivity index (χ4v) is 2.35. The SMILES string of the molecule is C=CCOC(C)C(=O)Nc1ccc(OC(F)F)c(Cc2ccccc2)c1. The van der Waals surface area contributed by atoms with E-state index in [4.69, 9.17) is 4.74 Å². The second-order valence-electron chi connectivity index (χ2n) is 5.62. The van der Waals surface area contributed by atoms with Crippen molar-refractivity contribution < 1.29 is 23.0 Å². The molecule has 0 aliphatic carbocycles. The maximum absolute atomic E-state index is 12.7. The molecule has 4 nitrogen and oxygen atoms in total. The van der Waals surface area contributed by atoms with Crippen LogP contribution in [0.15, 0.2) is 61.2 Å². The monoisotopic (exact) mass is 361 g/mol. The van der Waals surface area contributed by atoms with Gasteiger partial charge in [-0.15, -0.1) is 6.58 Å². The van der Waals surface area contributed by atoms with E-state index in [2.05, 4.69) is 16.6 Å². The molecule has 0 saturated heterocycles. The summed E-state index contributed by atoms with van der Waals surface area (Å²) in [6.45, 7) is 2.49. The Morgan fingerprint density at radius 1 is 1.23 bits per heavy atom. The summed E-state index contributed by atoms with van der Waals surface area (Å²) in [5, 5.41) is 2.72. The maximum Gasteiger partial charge on any atom is 0.387 e. The van der Waals surface area contributed by atoms with Gasteiger partial charge in [0.15, 0.2) is 0 Å². The summed E-state index contributed by atoms with van der Waals surface area (Å²) in [6.07, 6.45) is 1.29. The molecule has 1 amide bonds. The van der Waals surface area contributed by atoms with Gasteiger partial charge in [0.2, 0.25) is 0 Å². The van der Waals surface area contributed by atoms with Crippen molar-refractivity contribution in [3.63, 3.8) is 0 Å². The molecular formula is C20H21F2NO3. The van der Waals surface area contributed by atoms with Crippen LogP contribution in [0.25, 0.3) is 0 Å². The molecule has 0 aliphatic rings. The molecule has 26 heavy (non-hydrogen) atoms. The molecule has 6 heteroatoms. The molecule has 138 valence electrons. The molecule has 2 rings (SSSR count). The zero-order valence-corrected chi connectivity index (χ0v) is 14.5. The standard InChI is InChI=1S/C20H21F2NO3/c1-3-11-25-14(2)19(24)23-17-9-10-18(26-20(21)22)16(13-17)12-15-7-5-4-6-8-15/h3-10,13-14,20H,1,11-12H2,2H3,(H,23,24). The van der Waals surface area contributed by atoms with Gasteiger partial charge in [-0.3, -0.25) is 4.79 Å². The highest BCUT2D eigenvalue weighted by molar-refractivity contribution is 5.94. The van der Waals surface area contributed by atoms with Crippen molar-refractivity contribution in [2.24, 2.45) is 0 Å². The molecule has 2 aromatic rings. The molecule has 0 aliphatic heterocycles. The molecular weight excluding hydrogens is 340 g/mol. The van der Waals surface area contributed by atoms with Gasteiger partial charge in [-0.05, 0) is 30.7 Å². The Balaban J connectivity index is 2.19. The van der Waals surface area contributed by atoms with E-state index in [-0.39, 0.29) is 18.3 Å². The van der Waals surface area contributed by atoms with E-state index in [0.717, 1.165) is 5.56 Å². The van der Waals surface area contributed by atoms with E-state index in [9.17, 15) is 13.6 Å². The Morgan fingerprint density at radius 3 is 2.62 bits per heavy atom. The lowest BCUT2D eigenvalue weighted by Crippen LogP contribution is -2.27. The number of alkyl halides is 2. The number of carbonyl (C=O) groups is 1. The number of hydrogen-bond donors (Lipinski definition) is 1. The van der Waals surface area contributed by atoms with Crippen LogP contribution < -0.4 is 10.1 Å². The first-order chi connectivity index (χ1) is 12.5. The van der Waals surface area contributed by atoms with Crippen LogP contribution in [0.5, 0.6) is 5.75 Å². The third-order valence-corrected chi connectivity index (χ3v) is 3.61. The fourth-order valence-electron chi connectivity index (χ4n) is 2.35. The summed E-state index contributed by atoms with van der Waals surface area (Å²) in [5.41, 5.74) is 1.98. The molecule has 1 unspecified atom stereocenters. The molecule has 0 spiro atoms. The van der Waals surface area contributed by atoms with Crippen molar-refractivity contribution >= 4 is 11.6 Å². The lowest BCUT2D eigenvalue weighted by atomic mass is 10.0. The average Bonchev–Trinajstić information content (AvgIpc) is 2.62. The molecule has 0 heterocycles. The van der Waals surface area contributed by atoms with E-state index in [1.165, 1.54) is 12.1 Å². The number of rotatable bonds is 9. The highest BCUT2D eigenvalue weighted by Crippen LogP contribution is 2.27. The summed E-state index contributed by atoms with van der Waals surface area (Å²) >= 11 is 0. The second-order valence-corrected chi connectivity index (χ2v) is 5.62. The number of hydrogen-bond acceptors (Lipinski definition) is 3. The van der Waals surface area contributed by atoms with Crippen LogP contribution >= 0.6 is 0 Å². The van der Waals surface area contributed by atoms with Crippen LogP contribution in [0.2, 0.25) is 0 Å². The zero-order valence-electron chi connectivity index (χ0n) is 14.5. The van der Waals surface area contributed by atoms with E-state index in [0.29, 0.717) is 17.7 Å². The van der Waals surface area contributed by atoms with Gasteiger partial charge < -0.3 is 14.8 Å². The summed E-state index contributed by atoms with van der Waals surface area (Å²) in [7, 11) is 0.